The zero-order valence-corrected chi connectivity index (χ0v) is 17.7. The number of guanidine groups is 2. The van der Waals surface area contributed by atoms with E-state index in [1.165, 1.54) is 0 Å². The average molecular weight is 424 g/mol. The molecule has 31 heavy (non-hydrogen) atoms. The van der Waals surface area contributed by atoms with Crippen LogP contribution in [0.4, 0.5) is 5.69 Å². The smallest absolute Gasteiger partial charge is 0.251 e. The van der Waals surface area contributed by atoms with Gasteiger partial charge in [0.25, 0.3) is 5.91 Å². The summed E-state index contributed by atoms with van der Waals surface area (Å²) in [4.78, 5) is 22.9. The Bertz CT molecular complexity index is 924. The highest BCUT2D eigenvalue weighted by Crippen LogP contribution is 2.13. The summed E-state index contributed by atoms with van der Waals surface area (Å²) >= 11 is 0. The number of likely N-dealkylation sites (N-methyl/N-ethyl adjacent to an activating group) is 1. The molecule has 0 aliphatic carbocycles. The van der Waals surface area contributed by atoms with E-state index in [1.54, 1.807) is 24.3 Å². The van der Waals surface area contributed by atoms with Gasteiger partial charge in [0.2, 0.25) is 11.9 Å². The van der Waals surface area contributed by atoms with E-state index in [0.717, 1.165) is 30.9 Å². The van der Waals surface area contributed by atoms with E-state index in [0.29, 0.717) is 30.9 Å². The molecule has 6 N–H and O–H groups in total. The maximum atomic E-state index is 12.4. The van der Waals surface area contributed by atoms with Gasteiger partial charge < -0.3 is 26.8 Å². The summed E-state index contributed by atoms with van der Waals surface area (Å²) in [7, 11) is 0. The number of aliphatic imine (C=N–C) groups is 2. The largest absolute Gasteiger partial charge is 0.492 e. The number of benzene rings is 2. The van der Waals surface area contributed by atoms with Crippen LogP contribution in [0.1, 0.15) is 22.8 Å². The summed E-state index contributed by atoms with van der Waals surface area (Å²) in [6, 6.07) is 14.7. The minimum absolute atomic E-state index is 0.0723. The number of ether oxygens (including phenoxy) is 1. The predicted molar refractivity (Wildman–Crippen MR) is 123 cm³/mol. The highest BCUT2D eigenvalue weighted by Gasteiger charge is 2.08. The number of hydrogen-bond acceptors (Lipinski definition) is 8. The number of hydrogen-bond donors (Lipinski definition) is 4. The van der Waals surface area contributed by atoms with Crippen LogP contribution in [0.2, 0.25) is 0 Å². The molecule has 9 nitrogen and oxygen atoms in total. The standard InChI is InChI=1S/C22H29N7O2/c1-2-29-12-11-25-20(30)17-5-7-18(8-6-17)27-22(24)28-21(23)26-15-16-3-9-19(10-4-16)31-14-13-29/h3-10H,2,11-15H2,1H3,(H,25,30)(H5,23,24,26,27,28). The second-order valence-electron chi connectivity index (χ2n) is 7.06. The molecule has 4 bridgehead atoms. The number of carbonyl (C=O) groups is 1. The Morgan fingerprint density at radius 3 is 2.52 bits per heavy atom. The summed E-state index contributed by atoms with van der Waals surface area (Å²) in [5.41, 5.74) is 14.0. The Kier molecular flexibility index (Phi) is 7.83. The molecule has 4 heterocycles. The zero-order valence-electron chi connectivity index (χ0n) is 17.7. The van der Waals surface area contributed by atoms with Gasteiger partial charge in [-0.2, -0.15) is 4.99 Å². The molecule has 0 unspecified atom stereocenters. The van der Waals surface area contributed by atoms with Gasteiger partial charge in [0.1, 0.15) is 12.4 Å². The van der Waals surface area contributed by atoms with Crippen LogP contribution < -0.4 is 26.8 Å². The van der Waals surface area contributed by atoms with E-state index in [-0.39, 0.29) is 17.8 Å². The lowest BCUT2D eigenvalue weighted by molar-refractivity contribution is 0.0947. The molecule has 0 saturated heterocycles. The van der Waals surface area contributed by atoms with E-state index in [4.69, 9.17) is 16.2 Å². The molecule has 0 aromatic heterocycles. The number of carbonyl (C=O) groups excluding carboxylic acids is 1. The molecule has 4 aliphatic rings. The van der Waals surface area contributed by atoms with Crippen molar-refractivity contribution in [3.8, 4) is 5.75 Å². The molecule has 1 amide bonds. The van der Waals surface area contributed by atoms with Crippen molar-refractivity contribution in [1.82, 2.24) is 10.2 Å². The number of anilines is 1. The third-order valence-corrected chi connectivity index (χ3v) is 4.84. The normalized spacial score (nSPS) is 16.7. The summed E-state index contributed by atoms with van der Waals surface area (Å²) in [5.74, 6) is 0.855. The number of nitrogens with one attached hydrogen (secondary N) is 2. The van der Waals surface area contributed by atoms with Crippen LogP contribution in [0.15, 0.2) is 58.5 Å². The SMILES string of the molecule is CCN1CCNC(=O)c2ccc(cc2)NC(N)=NC(N)=NCc2ccc(cc2)OCC1. The molecule has 4 aliphatic heterocycles. The summed E-state index contributed by atoms with van der Waals surface area (Å²) < 4.78 is 5.84. The number of amides is 1. The van der Waals surface area contributed by atoms with E-state index >= 15 is 0 Å². The first kappa shape index (κ1) is 22.1. The molecule has 9 heteroatoms. The van der Waals surface area contributed by atoms with E-state index in [9.17, 15) is 4.79 Å². The van der Waals surface area contributed by atoms with Gasteiger partial charge in [0, 0.05) is 30.9 Å². The Morgan fingerprint density at radius 2 is 1.81 bits per heavy atom. The Hall–Kier alpha value is -3.59. The van der Waals surface area contributed by atoms with Crippen molar-refractivity contribution < 1.29 is 9.53 Å². The van der Waals surface area contributed by atoms with Crippen molar-refractivity contribution in [2.24, 2.45) is 21.5 Å². The van der Waals surface area contributed by atoms with Crippen LogP contribution >= 0.6 is 0 Å². The maximum absolute atomic E-state index is 12.4. The third kappa shape index (κ3) is 7.00. The summed E-state index contributed by atoms with van der Waals surface area (Å²) in [5, 5.41) is 5.89. The van der Waals surface area contributed by atoms with Crippen molar-refractivity contribution in [1.29, 1.82) is 0 Å². The Balaban J connectivity index is 1.76. The molecule has 2 aromatic carbocycles. The topological polar surface area (TPSA) is 130 Å². The van der Waals surface area contributed by atoms with Gasteiger partial charge in [-0.3, -0.25) is 9.69 Å². The van der Waals surface area contributed by atoms with Gasteiger partial charge in [0.15, 0.2) is 0 Å². The van der Waals surface area contributed by atoms with Gasteiger partial charge in [-0.15, -0.1) is 0 Å². The molecule has 0 saturated carbocycles. The first-order valence-electron chi connectivity index (χ1n) is 10.3. The molecular weight excluding hydrogens is 394 g/mol. The second-order valence-corrected chi connectivity index (χ2v) is 7.06. The fourth-order valence-electron chi connectivity index (χ4n) is 3.05. The van der Waals surface area contributed by atoms with Crippen LogP contribution in [-0.2, 0) is 6.54 Å². The van der Waals surface area contributed by atoms with Crippen LogP contribution in [-0.4, -0.2) is 55.5 Å². The fourth-order valence-corrected chi connectivity index (χ4v) is 3.05. The lowest BCUT2D eigenvalue weighted by Gasteiger charge is -2.20. The lowest BCUT2D eigenvalue weighted by Crippen LogP contribution is -2.37. The van der Waals surface area contributed by atoms with Gasteiger partial charge in [-0.1, -0.05) is 19.1 Å². The minimum atomic E-state index is -0.126. The van der Waals surface area contributed by atoms with Gasteiger partial charge >= 0.3 is 0 Å². The summed E-state index contributed by atoms with van der Waals surface area (Å²) in [6.07, 6.45) is 0. The van der Waals surface area contributed by atoms with Crippen molar-refractivity contribution in [2.45, 2.75) is 13.5 Å². The first-order chi connectivity index (χ1) is 15.0. The Labute approximate surface area is 182 Å². The van der Waals surface area contributed by atoms with Crippen molar-refractivity contribution >= 4 is 23.5 Å². The van der Waals surface area contributed by atoms with E-state index in [1.807, 2.05) is 24.3 Å². The predicted octanol–water partition coefficient (Wildman–Crippen LogP) is 1.37. The zero-order chi connectivity index (χ0) is 22.1. The molecule has 164 valence electrons. The number of nitrogens with zero attached hydrogens (tertiary/aromatic N) is 3. The average Bonchev–Trinajstić information content (AvgIpc) is 2.77. The van der Waals surface area contributed by atoms with Crippen LogP contribution in [0, 0.1) is 0 Å². The molecule has 0 spiro atoms. The first-order valence-corrected chi connectivity index (χ1v) is 10.3. The van der Waals surface area contributed by atoms with Gasteiger partial charge in [-0.05, 0) is 48.5 Å². The fraction of sp³-hybridized carbons (Fsp3) is 0.318. The van der Waals surface area contributed by atoms with Crippen molar-refractivity contribution in [3.63, 3.8) is 0 Å². The van der Waals surface area contributed by atoms with Crippen molar-refractivity contribution in [2.75, 3.05) is 38.1 Å². The molecule has 6 rings (SSSR count). The molecule has 0 atom stereocenters. The number of rotatable bonds is 1. The minimum Gasteiger partial charge on any atom is -0.492 e. The molecule has 0 fully saturated rings. The summed E-state index contributed by atoms with van der Waals surface area (Å²) in [6.45, 7) is 5.99. The van der Waals surface area contributed by atoms with Crippen LogP contribution in [0.3, 0.4) is 0 Å². The quantitative estimate of drug-likeness (QED) is 0.548. The van der Waals surface area contributed by atoms with Crippen molar-refractivity contribution in [3.05, 3.63) is 59.7 Å². The number of nitrogens with two attached hydrogens (primary N) is 2. The molecule has 2 aromatic rings. The lowest BCUT2D eigenvalue weighted by atomic mass is 10.2. The maximum Gasteiger partial charge on any atom is 0.251 e. The highest BCUT2D eigenvalue weighted by molar-refractivity contribution is 6.01. The monoisotopic (exact) mass is 423 g/mol. The van der Waals surface area contributed by atoms with Gasteiger partial charge in [-0.25, -0.2) is 4.99 Å². The molecule has 0 radical (unpaired) electrons. The van der Waals surface area contributed by atoms with Crippen LogP contribution in [0.5, 0.6) is 5.75 Å². The Morgan fingerprint density at radius 1 is 1.06 bits per heavy atom. The van der Waals surface area contributed by atoms with Gasteiger partial charge in [0.05, 0.1) is 6.54 Å². The third-order valence-electron chi connectivity index (χ3n) is 4.84. The van der Waals surface area contributed by atoms with Crippen LogP contribution in [0.25, 0.3) is 0 Å². The highest BCUT2D eigenvalue weighted by atomic mass is 16.5. The molecular formula is C22H29N7O2. The van der Waals surface area contributed by atoms with E-state index < -0.39 is 0 Å². The second kappa shape index (κ2) is 11.0. The van der Waals surface area contributed by atoms with E-state index in [2.05, 4.69) is 32.4 Å².